The smallest absolute Gasteiger partial charge is 0.335 e. The lowest BCUT2D eigenvalue weighted by atomic mass is 10.2. The number of ether oxygens (including phenoxy) is 1. The summed E-state index contributed by atoms with van der Waals surface area (Å²) in [6, 6.07) is 13.4. The molecule has 8 heteroatoms. The Balaban J connectivity index is 2.19. The van der Waals surface area contributed by atoms with Gasteiger partial charge in [-0.15, -0.1) is 11.6 Å². The van der Waals surface area contributed by atoms with Crippen LogP contribution in [0.25, 0.3) is 0 Å². The minimum Gasteiger partial charge on any atom is -0.489 e. The maximum Gasteiger partial charge on any atom is 0.335 e. The van der Waals surface area contributed by atoms with E-state index in [9.17, 15) is 18.3 Å². The molecule has 25 heavy (non-hydrogen) atoms. The second-order valence-corrected chi connectivity index (χ2v) is 7.51. The number of carbonyl (C=O) groups is 1. The van der Waals surface area contributed by atoms with Crippen molar-refractivity contribution in [3.8, 4) is 5.75 Å². The van der Waals surface area contributed by atoms with Crippen molar-refractivity contribution >= 4 is 33.3 Å². The topological polar surface area (TPSA) is 92.7 Å². The maximum absolute atomic E-state index is 12.0. The Morgan fingerprint density at radius 3 is 2.52 bits per heavy atom. The lowest BCUT2D eigenvalue weighted by Gasteiger charge is -2.12. The van der Waals surface area contributed by atoms with Gasteiger partial charge in [0.1, 0.15) is 12.4 Å². The van der Waals surface area contributed by atoms with Crippen LogP contribution >= 0.6 is 11.6 Å². The molecule has 0 saturated heterocycles. The second kappa shape index (κ2) is 8.73. The van der Waals surface area contributed by atoms with Gasteiger partial charge in [0.15, 0.2) is 0 Å². The molecule has 0 saturated carbocycles. The normalized spacial score (nSPS) is 11.1. The van der Waals surface area contributed by atoms with Gasteiger partial charge in [-0.2, -0.15) is 0 Å². The summed E-state index contributed by atoms with van der Waals surface area (Å²) in [7, 11) is -3.61. The molecule has 0 radical (unpaired) electrons. The number of nitrogens with one attached hydrogen (secondary N) is 1. The Labute approximate surface area is 151 Å². The molecule has 2 rings (SSSR count). The summed E-state index contributed by atoms with van der Waals surface area (Å²) in [6.45, 7) is 0.238. The van der Waals surface area contributed by atoms with E-state index in [0.29, 0.717) is 6.42 Å². The third-order valence-corrected chi connectivity index (χ3v) is 4.86. The number of halogens is 1. The first-order valence-electron chi connectivity index (χ1n) is 7.51. The molecule has 0 aliphatic rings. The van der Waals surface area contributed by atoms with Gasteiger partial charge < -0.3 is 9.84 Å². The Morgan fingerprint density at radius 2 is 1.88 bits per heavy atom. The predicted octanol–water partition coefficient (Wildman–Crippen LogP) is 3.33. The van der Waals surface area contributed by atoms with Crippen molar-refractivity contribution in [3.63, 3.8) is 0 Å². The third-order valence-electron chi connectivity index (χ3n) is 3.22. The van der Waals surface area contributed by atoms with E-state index >= 15 is 0 Å². The number of hydrogen-bond donors (Lipinski definition) is 2. The van der Waals surface area contributed by atoms with Crippen LogP contribution in [0.5, 0.6) is 5.75 Å². The van der Waals surface area contributed by atoms with Crippen LogP contribution in [0.1, 0.15) is 22.3 Å². The third kappa shape index (κ3) is 6.28. The number of sulfonamides is 1. The Morgan fingerprint density at radius 1 is 1.16 bits per heavy atom. The zero-order chi connectivity index (χ0) is 18.3. The van der Waals surface area contributed by atoms with Gasteiger partial charge in [0.25, 0.3) is 0 Å². The summed E-state index contributed by atoms with van der Waals surface area (Å²) in [5.74, 6) is -0.833. The van der Waals surface area contributed by atoms with Crippen molar-refractivity contribution in [1.29, 1.82) is 0 Å². The molecular weight excluding hydrogens is 366 g/mol. The van der Waals surface area contributed by atoms with Crippen LogP contribution in [0.4, 0.5) is 5.69 Å². The summed E-state index contributed by atoms with van der Waals surface area (Å²) in [5.41, 5.74) is 0.977. The molecule has 0 heterocycles. The highest BCUT2D eigenvalue weighted by molar-refractivity contribution is 7.92. The van der Waals surface area contributed by atoms with Gasteiger partial charge in [-0.1, -0.05) is 30.3 Å². The SMILES string of the molecule is O=C(O)c1cc(NS(=O)(=O)CCCCl)cc(OCc2ccccc2)c1. The fraction of sp³-hybridized carbons (Fsp3) is 0.235. The van der Waals surface area contributed by atoms with Crippen LogP contribution in [-0.2, 0) is 16.6 Å². The minimum atomic E-state index is -3.61. The van der Waals surface area contributed by atoms with E-state index in [1.165, 1.54) is 18.2 Å². The molecule has 0 aliphatic carbocycles. The van der Waals surface area contributed by atoms with E-state index in [1.807, 2.05) is 30.3 Å². The van der Waals surface area contributed by atoms with E-state index in [0.717, 1.165) is 5.56 Å². The molecule has 0 fully saturated rings. The number of carboxylic acid groups (broad SMARTS) is 1. The zero-order valence-corrected chi connectivity index (χ0v) is 14.9. The van der Waals surface area contributed by atoms with Crippen molar-refractivity contribution in [2.24, 2.45) is 0 Å². The van der Waals surface area contributed by atoms with E-state index < -0.39 is 16.0 Å². The summed E-state index contributed by atoms with van der Waals surface area (Å²) in [4.78, 5) is 11.3. The van der Waals surface area contributed by atoms with Crippen molar-refractivity contribution in [2.45, 2.75) is 13.0 Å². The van der Waals surface area contributed by atoms with Gasteiger partial charge in [0.2, 0.25) is 10.0 Å². The van der Waals surface area contributed by atoms with E-state index in [2.05, 4.69) is 4.72 Å². The summed E-state index contributed by atoms with van der Waals surface area (Å²) < 4.78 is 31.9. The van der Waals surface area contributed by atoms with E-state index in [-0.39, 0.29) is 35.2 Å². The molecule has 0 bridgehead atoms. The summed E-state index contributed by atoms with van der Waals surface area (Å²) >= 11 is 5.51. The van der Waals surface area contributed by atoms with Crippen molar-refractivity contribution in [3.05, 3.63) is 59.7 Å². The van der Waals surface area contributed by atoms with Crippen LogP contribution in [0.15, 0.2) is 48.5 Å². The molecular formula is C17H18ClNO5S. The monoisotopic (exact) mass is 383 g/mol. The van der Waals surface area contributed by atoms with Gasteiger partial charge >= 0.3 is 5.97 Å². The maximum atomic E-state index is 12.0. The highest BCUT2D eigenvalue weighted by atomic mass is 35.5. The highest BCUT2D eigenvalue weighted by Gasteiger charge is 2.14. The largest absolute Gasteiger partial charge is 0.489 e. The Hall–Kier alpha value is -2.25. The molecule has 2 aromatic carbocycles. The first-order chi connectivity index (χ1) is 11.9. The molecule has 0 spiro atoms. The first kappa shape index (κ1) is 19.1. The van der Waals surface area contributed by atoms with Gasteiger partial charge in [0, 0.05) is 11.9 Å². The van der Waals surface area contributed by atoms with E-state index in [1.54, 1.807) is 0 Å². The Bertz CT molecular complexity index is 824. The fourth-order valence-electron chi connectivity index (χ4n) is 2.08. The number of benzene rings is 2. The van der Waals surface area contributed by atoms with E-state index in [4.69, 9.17) is 16.3 Å². The minimum absolute atomic E-state index is 0.0689. The van der Waals surface area contributed by atoms with Crippen LogP contribution in [0.2, 0.25) is 0 Å². The molecule has 0 unspecified atom stereocenters. The van der Waals surface area contributed by atoms with Crippen LogP contribution in [0.3, 0.4) is 0 Å². The fourth-order valence-corrected chi connectivity index (χ4v) is 3.48. The van der Waals surface area contributed by atoms with Gasteiger partial charge in [0.05, 0.1) is 17.0 Å². The average Bonchev–Trinajstić information content (AvgIpc) is 2.58. The quantitative estimate of drug-likeness (QED) is 0.648. The number of rotatable bonds is 9. The molecule has 0 aromatic heterocycles. The Kier molecular flexibility index (Phi) is 6.66. The van der Waals surface area contributed by atoms with Crippen molar-refractivity contribution in [1.82, 2.24) is 0 Å². The molecule has 6 nitrogen and oxygen atoms in total. The molecule has 134 valence electrons. The lowest BCUT2D eigenvalue weighted by Crippen LogP contribution is -2.17. The highest BCUT2D eigenvalue weighted by Crippen LogP contribution is 2.23. The number of hydrogen-bond acceptors (Lipinski definition) is 4. The van der Waals surface area contributed by atoms with Gasteiger partial charge in [-0.25, -0.2) is 13.2 Å². The molecule has 0 aliphatic heterocycles. The summed E-state index contributed by atoms with van der Waals surface area (Å²) in [5, 5.41) is 9.21. The average molecular weight is 384 g/mol. The van der Waals surface area contributed by atoms with Crippen molar-refractivity contribution in [2.75, 3.05) is 16.4 Å². The zero-order valence-electron chi connectivity index (χ0n) is 13.3. The van der Waals surface area contributed by atoms with Crippen LogP contribution < -0.4 is 9.46 Å². The molecule has 2 N–H and O–H groups in total. The number of carboxylic acids is 1. The first-order valence-corrected chi connectivity index (χ1v) is 9.70. The van der Waals surface area contributed by atoms with Crippen molar-refractivity contribution < 1.29 is 23.1 Å². The van der Waals surface area contributed by atoms with Crippen LogP contribution in [0, 0.1) is 0 Å². The number of anilines is 1. The van der Waals surface area contributed by atoms with Crippen LogP contribution in [-0.4, -0.2) is 31.1 Å². The molecule has 0 atom stereocenters. The molecule has 0 amide bonds. The van der Waals surface area contributed by atoms with Gasteiger partial charge in [-0.05, 0) is 24.1 Å². The lowest BCUT2D eigenvalue weighted by molar-refractivity contribution is 0.0696. The van der Waals surface area contributed by atoms with Gasteiger partial charge in [-0.3, -0.25) is 4.72 Å². The second-order valence-electron chi connectivity index (χ2n) is 5.29. The number of alkyl halides is 1. The summed E-state index contributed by atoms with van der Waals surface area (Å²) in [6.07, 6.45) is 0.298. The molecule has 2 aromatic rings. The standard InChI is InChI=1S/C17H18ClNO5S/c18-7-4-8-25(22,23)19-15-9-14(17(20)21)10-16(11-15)24-12-13-5-2-1-3-6-13/h1-3,5-6,9-11,19H,4,7-8,12H2,(H,20,21). The number of aromatic carboxylic acids is 1. The predicted molar refractivity (Wildman–Crippen MR) is 96.9 cm³/mol.